The SMILES string of the molecule is N#Cc1ccc(S(=O)(=O)N[C@H](CO)c2ccccc2)c(F)c1. The average molecular weight is 320 g/mol. The lowest BCUT2D eigenvalue weighted by molar-refractivity contribution is 0.258. The van der Waals surface area contributed by atoms with Gasteiger partial charge in [0.25, 0.3) is 0 Å². The maximum Gasteiger partial charge on any atom is 0.244 e. The molecule has 2 N–H and O–H groups in total. The summed E-state index contributed by atoms with van der Waals surface area (Å²) in [5, 5.41) is 18.1. The van der Waals surface area contributed by atoms with E-state index in [1.54, 1.807) is 36.4 Å². The Morgan fingerprint density at radius 1 is 1.23 bits per heavy atom. The summed E-state index contributed by atoms with van der Waals surface area (Å²) in [5.41, 5.74) is 0.584. The van der Waals surface area contributed by atoms with Crippen molar-refractivity contribution < 1.29 is 17.9 Å². The second-order valence-electron chi connectivity index (χ2n) is 4.52. The van der Waals surface area contributed by atoms with Crippen LogP contribution in [0.5, 0.6) is 0 Å². The van der Waals surface area contributed by atoms with Crippen LogP contribution >= 0.6 is 0 Å². The molecule has 0 aliphatic carbocycles. The first kappa shape index (κ1) is 16.1. The highest BCUT2D eigenvalue weighted by Gasteiger charge is 2.24. The number of halogens is 1. The molecule has 2 aromatic rings. The first-order valence-corrected chi connectivity index (χ1v) is 7.84. The van der Waals surface area contributed by atoms with E-state index in [0.717, 1.165) is 12.1 Å². The molecule has 0 unspecified atom stereocenters. The van der Waals surface area contributed by atoms with E-state index in [-0.39, 0.29) is 5.56 Å². The molecule has 0 spiro atoms. The van der Waals surface area contributed by atoms with Gasteiger partial charge in [-0.15, -0.1) is 0 Å². The number of rotatable bonds is 5. The molecule has 0 radical (unpaired) electrons. The Hall–Kier alpha value is -2.27. The Bertz CT molecular complexity index is 801. The minimum absolute atomic E-state index is 0.0261. The van der Waals surface area contributed by atoms with Crippen molar-refractivity contribution in [2.75, 3.05) is 6.61 Å². The third-order valence-corrected chi connectivity index (χ3v) is 4.54. The van der Waals surface area contributed by atoms with Crippen LogP contribution in [0.2, 0.25) is 0 Å². The number of aliphatic hydroxyl groups is 1. The van der Waals surface area contributed by atoms with Crippen molar-refractivity contribution in [3.05, 3.63) is 65.5 Å². The molecular weight excluding hydrogens is 307 g/mol. The third kappa shape index (κ3) is 3.49. The van der Waals surface area contributed by atoms with E-state index in [9.17, 15) is 17.9 Å². The second kappa shape index (κ2) is 6.66. The molecule has 22 heavy (non-hydrogen) atoms. The van der Waals surface area contributed by atoms with Gasteiger partial charge in [-0.3, -0.25) is 0 Å². The molecule has 114 valence electrons. The summed E-state index contributed by atoms with van der Waals surface area (Å²) < 4.78 is 40.6. The maximum atomic E-state index is 13.9. The van der Waals surface area contributed by atoms with E-state index in [2.05, 4.69) is 4.72 Å². The molecule has 2 rings (SSSR count). The van der Waals surface area contributed by atoms with Gasteiger partial charge in [0.2, 0.25) is 10.0 Å². The Morgan fingerprint density at radius 2 is 1.91 bits per heavy atom. The van der Waals surface area contributed by atoms with E-state index in [1.807, 2.05) is 0 Å². The summed E-state index contributed by atoms with van der Waals surface area (Å²) in [5.74, 6) is -1.02. The number of nitrogens with zero attached hydrogens (tertiary/aromatic N) is 1. The van der Waals surface area contributed by atoms with Crippen molar-refractivity contribution in [1.29, 1.82) is 5.26 Å². The zero-order valence-electron chi connectivity index (χ0n) is 11.4. The fourth-order valence-corrected chi connectivity index (χ4v) is 3.21. The first-order chi connectivity index (χ1) is 10.5. The van der Waals surface area contributed by atoms with Crippen LogP contribution in [0.15, 0.2) is 53.4 Å². The van der Waals surface area contributed by atoms with E-state index < -0.39 is 33.4 Å². The maximum absolute atomic E-state index is 13.9. The molecule has 0 saturated carbocycles. The van der Waals surface area contributed by atoms with Crippen LogP contribution in [0.4, 0.5) is 4.39 Å². The van der Waals surface area contributed by atoms with Crippen molar-refractivity contribution in [1.82, 2.24) is 4.72 Å². The van der Waals surface area contributed by atoms with Gasteiger partial charge in [0, 0.05) is 0 Å². The van der Waals surface area contributed by atoms with Crippen LogP contribution in [-0.2, 0) is 10.0 Å². The molecule has 0 amide bonds. The highest BCUT2D eigenvalue weighted by atomic mass is 32.2. The van der Waals surface area contributed by atoms with Gasteiger partial charge in [-0.05, 0) is 23.8 Å². The van der Waals surface area contributed by atoms with Crippen molar-refractivity contribution in [3.8, 4) is 6.07 Å². The minimum atomic E-state index is -4.17. The molecule has 0 saturated heterocycles. The van der Waals surface area contributed by atoms with Gasteiger partial charge in [0.1, 0.15) is 10.7 Å². The van der Waals surface area contributed by atoms with Crippen LogP contribution < -0.4 is 4.72 Å². The lowest BCUT2D eigenvalue weighted by Gasteiger charge is -2.17. The monoisotopic (exact) mass is 320 g/mol. The number of aliphatic hydroxyl groups excluding tert-OH is 1. The van der Waals surface area contributed by atoms with Gasteiger partial charge in [0.05, 0.1) is 24.3 Å². The Labute approximate surface area is 127 Å². The average Bonchev–Trinajstić information content (AvgIpc) is 2.53. The van der Waals surface area contributed by atoms with Crippen molar-refractivity contribution in [2.45, 2.75) is 10.9 Å². The smallest absolute Gasteiger partial charge is 0.244 e. The van der Waals surface area contributed by atoms with Gasteiger partial charge < -0.3 is 5.11 Å². The number of nitriles is 1. The molecule has 0 aromatic heterocycles. The highest BCUT2D eigenvalue weighted by molar-refractivity contribution is 7.89. The molecule has 0 aliphatic rings. The topological polar surface area (TPSA) is 90.2 Å². The molecule has 0 aliphatic heterocycles. The number of hydrogen-bond acceptors (Lipinski definition) is 4. The minimum Gasteiger partial charge on any atom is -0.394 e. The molecule has 0 bridgehead atoms. The predicted molar refractivity (Wildman–Crippen MR) is 77.7 cm³/mol. The number of sulfonamides is 1. The largest absolute Gasteiger partial charge is 0.394 e. The normalized spacial score (nSPS) is 12.6. The summed E-state index contributed by atoms with van der Waals surface area (Å²) in [4.78, 5) is -0.569. The Morgan fingerprint density at radius 3 is 2.45 bits per heavy atom. The zero-order chi connectivity index (χ0) is 16.2. The molecule has 0 heterocycles. The third-order valence-electron chi connectivity index (χ3n) is 3.03. The van der Waals surface area contributed by atoms with E-state index in [4.69, 9.17) is 5.26 Å². The number of nitrogens with one attached hydrogen (secondary N) is 1. The molecule has 2 aromatic carbocycles. The van der Waals surface area contributed by atoms with Crippen LogP contribution in [0.25, 0.3) is 0 Å². The van der Waals surface area contributed by atoms with E-state index in [0.29, 0.717) is 5.56 Å². The van der Waals surface area contributed by atoms with Gasteiger partial charge >= 0.3 is 0 Å². The molecule has 0 fully saturated rings. The summed E-state index contributed by atoms with van der Waals surface area (Å²) in [7, 11) is -4.17. The van der Waals surface area contributed by atoms with Gasteiger partial charge in [-0.2, -0.15) is 5.26 Å². The van der Waals surface area contributed by atoms with Crippen LogP contribution in [-0.4, -0.2) is 20.1 Å². The lowest BCUT2D eigenvalue weighted by atomic mass is 10.1. The summed E-state index contributed by atoms with van der Waals surface area (Å²) in [6, 6.07) is 12.4. The predicted octanol–water partition coefficient (Wildman–Crippen LogP) is 1.71. The van der Waals surface area contributed by atoms with Gasteiger partial charge in [0.15, 0.2) is 0 Å². The van der Waals surface area contributed by atoms with Crippen molar-refractivity contribution >= 4 is 10.0 Å². The van der Waals surface area contributed by atoms with E-state index in [1.165, 1.54) is 6.07 Å². The van der Waals surface area contributed by atoms with Gasteiger partial charge in [-0.1, -0.05) is 30.3 Å². The second-order valence-corrected chi connectivity index (χ2v) is 6.21. The molecule has 7 heteroatoms. The summed E-state index contributed by atoms with van der Waals surface area (Å²) in [6.45, 7) is -0.471. The molecule has 5 nitrogen and oxygen atoms in total. The van der Waals surface area contributed by atoms with Crippen LogP contribution in [0.3, 0.4) is 0 Å². The summed E-state index contributed by atoms with van der Waals surface area (Å²) in [6.07, 6.45) is 0. The molecular formula is C15H13FN2O3S. The number of benzene rings is 2. The Balaban J connectivity index is 2.33. The first-order valence-electron chi connectivity index (χ1n) is 6.35. The van der Waals surface area contributed by atoms with Crippen molar-refractivity contribution in [2.24, 2.45) is 0 Å². The lowest BCUT2D eigenvalue weighted by Crippen LogP contribution is -2.31. The van der Waals surface area contributed by atoms with Crippen LogP contribution in [0.1, 0.15) is 17.2 Å². The molecule has 1 atom stereocenters. The highest BCUT2D eigenvalue weighted by Crippen LogP contribution is 2.20. The fraction of sp³-hybridized carbons (Fsp3) is 0.133. The standard InChI is InChI=1S/C15H13FN2O3S/c16-13-8-11(9-17)6-7-15(13)22(20,21)18-14(10-19)12-4-2-1-3-5-12/h1-8,14,18-19H,10H2/t14-/m1/s1. The van der Waals surface area contributed by atoms with Crippen molar-refractivity contribution in [3.63, 3.8) is 0 Å². The Kier molecular flexibility index (Phi) is 4.88. The zero-order valence-corrected chi connectivity index (χ0v) is 12.2. The number of hydrogen-bond donors (Lipinski definition) is 2. The van der Waals surface area contributed by atoms with Crippen LogP contribution in [0, 0.1) is 17.1 Å². The van der Waals surface area contributed by atoms with Gasteiger partial charge in [-0.25, -0.2) is 17.5 Å². The van der Waals surface area contributed by atoms with E-state index >= 15 is 0 Å². The fourth-order valence-electron chi connectivity index (χ4n) is 1.94. The quantitative estimate of drug-likeness (QED) is 0.877. The summed E-state index contributed by atoms with van der Waals surface area (Å²) >= 11 is 0.